The summed E-state index contributed by atoms with van der Waals surface area (Å²) in [6.07, 6.45) is 2.40. The molecule has 0 aliphatic carbocycles. The van der Waals surface area contributed by atoms with Gasteiger partial charge in [0, 0.05) is 17.6 Å². The summed E-state index contributed by atoms with van der Waals surface area (Å²) in [6, 6.07) is 7.70. The molecular weight excluding hydrogens is 308 g/mol. The molecule has 0 spiro atoms. The number of hydrogen-bond acceptors (Lipinski definition) is 2. The van der Waals surface area contributed by atoms with E-state index in [1.807, 2.05) is 24.3 Å². The zero-order valence-corrected chi connectivity index (χ0v) is 11.4. The minimum absolute atomic E-state index is 0.659. The first kappa shape index (κ1) is 11.8. The van der Waals surface area contributed by atoms with Crippen LogP contribution in [0.25, 0.3) is 0 Å². The second-order valence-corrected chi connectivity index (χ2v) is 5.01. The second-order valence-electron chi connectivity index (χ2n) is 3.31. The van der Waals surface area contributed by atoms with Crippen molar-refractivity contribution in [1.29, 1.82) is 0 Å². The molecule has 2 aromatic rings. The number of aromatic amines is 1. The van der Waals surface area contributed by atoms with Crippen LogP contribution in [0.1, 0.15) is 11.4 Å². The van der Waals surface area contributed by atoms with Crippen molar-refractivity contribution in [2.24, 2.45) is 0 Å². The van der Waals surface area contributed by atoms with Crippen molar-refractivity contribution in [2.75, 3.05) is 0 Å². The van der Waals surface area contributed by atoms with Crippen LogP contribution in [0, 0.1) is 4.64 Å². The number of aromatic nitrogens is 2. The van der Waals surface area contributed by atoms with Crippen LogP contribution in [-0.4, -0.2) is 9.97 Å². The number of rotatable bonds is 2. The summed E-state index contributed by atoms with van der Waals surface area (Å²) in [5, 5.41) is 0.730. The molecule has 0 radical (unpaired) electrons. The van der Waals surface area contributed by atoms with Gasteiger partial charge >= 0.3 is 0 Å². The molecule has 0 fully saturated rings. The highest BCUT2D eigenvalue weighted by atomic mass is 79.9. The summed E-state index contributed by atoms with van der Waals surface area (Å²) in [4.78, 5) is 7.31. The first-order chi connectivity index (χ1) is 7.65. The highest BCUT2D eigenvalue weighted by molar-refractivity contribution is 9.10. The molecule has 0 aliphatic heterocycles. The fourth-order valence-electron chi connectivity index (χ4n) is 1.35. The van der Waals surface area contributed by atoms with E-state index in [1.165, 1.54) is 0 Å². The van der Waals surface area contributed by atoms with E-state index in [0.29, 0.717) is 11.1 Å². The second kappa shape index (κ2) is 5.08. The van der Waals surface area contributed by atoms with E-state index < -0.39 is 0 Å². The van der Waals surface area contributed by atoms with E-state index in [9.17, 15) is 0 Å². The molecule has 16 heavy (non-hydrogen) atoms. The fraction of sp³-hybridized carbons (Fsp3) is 0.0909. The lowest BCUT2D eigenvalue weighted by atomic mass is 10.1. The molecule has 0 bridgehead atoms. The molecule has 1 aromatic carbocycles. The highest BCUT2D eigenvalue weighted by Crippen LogP contribution is 2.14. The molecular formula is C11H8BrClN2S. The Morgan fingerprint density at radius 3 is 2.94 bits per heavy atom. The maximum absolute atomic E-state index is 5.91. The number of nitrogens with zero attached hydrogens (tertiary/aromatic N) is 1. The SMILES string of the molecule is S=c1[nH]c(Cc2cccc(Cl)c2)ncc1Br. The van der Waals surface area contributed by atoms with Gasteiger partial charge in [-0.1, -0.05) is 36.0 Å². The van der Waals surface area contributed by atoms with Crippen molar-refractivity contribution in [3.05, 3.63) is 56.0 Å². The molecule has 1 aromatic heterocycles. The normalized spacial score (nSPS) is 10.4. The minimum atomic E-state index is 0.659. The third kappa shape index (κ3) is 2.90. The van der Waals surface area contributed by atoms with Crippen LogP contribution >= 0.6 is 39.7 Å². The lowest BCUT2D eigenvalue weighted by Crippen LogP contribution is -1.96. The lowest BCUT2D eigenvalue weighted by molar-refractivity contribution is 0.953. The van der Waals surface area contributed by atoms with Crippen LogP contribution in [0.15, 0.2) is 34.9 Å². The van der Waals surface area contributed by atoms with Gasteiger partial charge in [0.2, 0.25) is 0 Å². The third-order valence-corrected chi connectivity index (χ3v) is 3.49. The molecule has 0 amide bonds. The minimum Gasteiger partial charge on any atom is -0.334 e. The van der Waals surface area contributed by atoms with Gasteiger partial charge in [0.05, 0.1) is 4.47 Å². The Kier molecular flexibility index (Phi) is 3.74. The van der Waals surface area contributed by atoms with Gasteiger partial charge in [-0.3, -0.25) is 0 Å². The summed E-state index contributed by atoms with van der Waals surface area (Å²) >= 11 is 14.3. The maximum Gasteiger partial charge on any atom is 0.120 e. The summed E-state index contributed by atoms with van der Waals surface area (Å²) in [7, 11) is 0. The number of H-pyrrole nitrogens is 1. The van der Waals surface area contributed by atoms with Gasteiger partial charge in [-0.2, -0.15) is 0 Å². The molecule has 0 atom stereocenters. The van der Waals surface area contributed by atoms with E-state index in [4.69, 9.17) is 23.8 Å². The Bertz CT molecular complexity index is 568. The van der Waals surface area contributed by atoms with Crippen LogP contribution in [-0.2, 0) is 6.42 Å². The number of halogens is 2. The Hall–Kier alpha value is -0.710. The van der Waals surface area contributed by atoms with Crippen LogP contribution in [0.2, 0.25) is 5.02 Å². The van der Waals surface area contributed by atoms with Gasteiger partial charge in [-0.25, -0.2) is 4.98 Å². The number of benzene rings is 1. The fourth-order valence-corrected chi connectivity index (χ4v) is 1.93. The highest BCUT2D eigenvalue weighted by Gasteiger charge is 2.00. The largest absolute Gasteiger partial charge is 0.334 e. The molecule has 0 unspecified atom stereocenters. The summed E-state index contributed by atoms with van der Waals surface area (Å²) < 4.78 is 1.46. The predicted molar refractivity (Wildman–Crippen MR) is 71.4 cm³/mol. The average Bonchev–Trinajstić information content (AvgIpc) is 2.24. The molecule has 1 heterocycles. The Labute approximate surface area is 112 Å². The first-order valence-electron chi connectivity index (χ1n) is 4.63. The monoisotopic (exact) mass is 314 g/mol. The van der Waals surface area contributed by atoms with Crippen molar-refractivity contribution >= 4 is 39.7 Å². The van der Waals surface area contributed by atoms with Crippen molar-refractivity contribution in [1.82, 2.24) is 9.97 Å². The lowest BCUT2D eigenvalue weighted by Gasteiger charge is -2.02. The molecule has 82 valence electrons. The van der Waals surface area contributed by atoms with Crippen LogP contribution in [0.3, 0.4) is 0 Å². The van der Waals surface area contributed by atoms with Gasteiger partial charge in [0.15, 0.2) is 0 Å². The standard InChI is InChI=1S/C11H8BrClN2S/c12-9-6-14-10(15-11(9)16)5-7-2-1-3-8(13)4-7/h1-4,6H,5H2,(H,14,15,16). The topological polar surface area (TPSA) is 28.7 Å². The predicted octanol–water partition coefficient (Wildman–Crippen LogP) is 4.15. The van der Waals surface area contributed by atoms with E-state index in [2.05, 4.69) is 25.9 Å². The van der Waals surface area contributed by atoms with Gasteiger partial charge in [0.1, 0.15) is 10.5 Å². The Morgan fingerprint density at radius 2 is 2.25 bits per heavy atom. The molecule has 2 nitrogen and oxygen atoms in total. The van der Waals surface area contributed by atoms with Crippen molar-refractivity contribution in [2.45, 2.75) is 6.42 Å². The maximum atomic E-state index is 5.91. The average molecular weight is 316 g/mol. The molecule has 0 aliphatic rings. The van der Waals surface area contributed by atoms with E-state index in [0.717, 1.165) is 20.9 Å². The summed E-state index contributed by atoms with van der Waals surface area (Å²) in [6.45, 7) is 0. The Balaban J connectivity index is 2.27. The molecule has 0 saturated carbocycles. The summed E-state index contributed by atoms with van der Waals surface area (Å²) in [5.41, 5.74) is 1.10. The van der Waals surface area contributed by atoms with E-state index in [-0.39, 0.29) is 0 Å². The van der Waals surface area contributed by atoms with Gasteiger partial charge < -0.3 is 4.98 Å². The zero-order valence-electron chi connectivity index (χ0n) is 8.21. The molecule has 1 N–H and O–H groups in total. The smallest absolute Gasteiger partial charge is 0.120 e. The van der Waals surface area contributed by atoms with Gasteiger partial charge in [0.25, 0.3) is 0 Å². The van der Waals surface area contributed by atoms with E-state index in [1.54, 1.807) is 6.20 Å². The zero-order chi connectivity index (χ0) is 11.5. The van der Waals surface area contributed by atoms with E-state index >= 15 is 0 Å². The molecule has 0 saturated heterocycles. The van der Waals surface area contributed by atoms with Crippen molar-refractivity contribution in [3.8, 4) is 0 Å². The van der Waals surface area contributed by atoms with Crippen LogP contribution < -0.4 is 0 Å². The Morgan fingerprint density at radius 1 is 1.44 bits per heavy atom. The number of nitrogens with one attached hydrogen (secondary N) is 1. The van der Waals surface area contributed by atoms with Gasteiger partial charge in [-0.05, 0) is 33.6 Å². The van der Waals surface area contributed by atoms with Crippen LogP contribution in [0.5, 0.6) is 0 Å². The quantitative estimate of drug-likeness (QED) is 0.844. The van der Waals surface area contributed by atoms with Gasteiger partial charge in [-0.15, -0.1) is 0 Å². The molecule has 5 heteroatoms. The third-order valence-electron chi connectivity index (χ3n) is 2.07. The van der Waals surface area contributed by atoms with Crippen LogP contribution in [0.4, 0.5) is 0 Å². The summed E-state index contributed by atoms with van der Waals surface area (Å²) in [5.74, 6) is 0.829. The van der Waals surface area contributed by atoms with Crippen molar-refractivity contribution < 1.29 is 0 Å². The van der Waals surface area contributed by atoms with Crippen molar-refractivity contribution in [3.63, 3.8) is 0 Å². The number of hydrogen-bond donors (Lipinski definition) is 1. The molecule has 2 rings (SSSR count). The first-order valence-corrected chi connectivity index (χ1v) is 6.21.